The molecule has 5 rings (SSSR count). The van der Waals surface area contributed by atoms with E-state index >= 15 is 0 Å². The van der Waals surface area contributed by atoms with E-state index < -0.39 is 17.5 Å². The summed E-state index contributed by atoms with van der Waals surface area (Å²) in [5, 5.41) is 0.384. The number of piperidine rings is 1. The molecular formula is C23H22ClF3N4O3. The second-order valence-corrected chi connectivity index (χ2v) is 9.35. The highest BCUT2D eigenvalue weighted by molar-refractivity contribution is 6.31. The Morgan fingerprint density at radius 3 is 2.32 bits per heavy atom. The van der Waals surface area contributed by atoms with Gasteiger partial charge >= 0.3 is 17.5 Å². The van der Waals surface area contributed by atoms with Gasteiger partial charge in [-0.25, -0.2) is 4.98 Å². The highest BCUT2D eigenvalue weighted by atomic mass is 35.5. The molecule has 2 aliphatic rings. The molecule has 1 aromatic carbocycles. The summed E-state index contributed by atoms with van der Waals surface area (Å²) in [6.07, 6.45) is 0.0144. The van der Waals surface area contributed by atoms with Crippen molar-refractivity contribution in [2.75, 3.05) is 0 Å². The molecule has 2 aromatic heterocycles. The highest BCUT2D eigenvalue weighted by Gasteiger charge is 2.42. The maximum atomic E-state index is 13.0. The van der Waals surface area contributed by atoms with Crippen LogP contribution in [0.25, 0.3) is 11.2 Å². The third-order valence-electron chi connectivity index (χ3n) is 6.86. The minimum atomic E-state index is -4.72. The Labute approximate surface area is 197 Å². The second kappa shape index (κ2) is 8.42. The molecule has 0 radical (unpaired) electrons. The van der Waals surface area contributed by atoms with Crippen LogP contribution in [0.2, 0.25) is 5.02 Å². The number of nitrogens with zero attached hydrogens (tertiary/aromatic N) is 4. The van der Waals surface area contributed by atoms with Gasteiger partial charge in [-0.3, -0.25) is 19.1 Å². The summed E-state index contributed by atoms with van der Waals surface area (Å²) in [6, 6.07) is 7.75. The van der Waals surface area contributed by atoms with Crippen molar-refractivity contribution < 1.29 is 17.9 Å². The fourth-order valence-corrected chi connectivity index (χ4v) is 5.52. The summed E-state index contributed by atoms with van der Waals surface area (Å²) >= 11 is 6.08. The molecule has 0 unspecified atom stereocenters. The first-order chi connectivity index (χ1) is 16.1. The van der Waals surface area contributed by atoms with E-state index in [0.717, 1.165) is 18.4 Å². The van der Waals surface area contributed by atoms with Crippen LogP contribution in [0, 0.1) is 0 Å². The monoisotopic (exact) mass is 494 g/mol. The lowest BCUT2D eigenvalue weighted by Gasteiger charge is -2.39. The normalized spacial score (nSPS) is 22.9. The number of fused-ring (bicyclic) bond motifs is 3. The van der Waals surface area contributed by atoms with Gasteiger partial charge in [-0.15, -0.1) is 13.2 Å². The van der Waals surface area contributed by atoms with Crippen molar-refractivity contribution in [2.45, 2.75) is 56.7 Å². The molecule has 7 nitrogen and oxygen atoms in total. The van der Waals surface area contributed by atoms with Gasteiger partial charge in [0.2, 0.25) is 0 Å². The van der Waals surface area contributed by atoms with E-state index in [2.05, 4.69) is 14.6 Å². The third kappa shape index (κ3) is 4.20. The number of aromatic nitrogens is 3. The quantitative estimate of drug-likeness (QED) is 0.513. The Morgan fingerprint density at radius 2 is 1.71 bits per heavy atom. The fourth-order valence-electron chi connectivity index (χ4n) is 5.37. The van der Waals surface area contributed by atoms with Crippen molar-refractivity contribution in [3.63, 3.8) is 0 Å². The summed E-state index contributed by atoms with van der Waals surface area (Å²) < 4.78 is 44.0. The van der Waals surface area contributed by atoms with Crippen LogP contribution in [-0.4, -0.2) is 37.5 Å². The maximum absolute atomic E-state index is 13.0. The molecule has 2 bridgehead atoms. The van der Waals surface area contributed by atoms with E-state index in [1.165, 1.54) is 34.5 Å². The number of hydrogen-bond acceptors (Lipinski definition) is 5. The van der Waals surface area contributed by atoms with Crippen LogP contribution in [0.4, 0.5) is 13.2 Å². The number of benzene rings is 1. The highest BCUT2D eigenvalue weighted by Crippen LogP contribution is 2.42. The molecule has 2 saturated heterocycles. The SMILES string of the molecule is Cn1c(=O)c(=O)n([C@H]2C[C@H]3CC[C@@H](C2)N3Cc2ccc(OC(F)(F)F)cc2)c2ncc(Cl)cc21. The van der Waals surface area contributed by atoms with E-state index in [-0.39, 0.29) is 23.9 Å². The van der Waals surface area contributed by atoms with Crippen molar-refractivity contribution in [1.82, 2.24) is 19.0 Å². The topological polar surface area (TPSA) is 69.4 Å². The lowest BCUT2D eigenvalue weighted by molar-refractivity contribution is -0.274. The third-order valence-corrected chi connectivity index (χ3v) is 7.06. The first-order valence-electron chi connectivity index (χ1n) is 11.0. The van der Waals surface area contributed by atoms with Crippen molar-refractivity contribution in [3.8, 4) is 5.75 Å². The number of hydrogen-bond donors (Lipinski definition) is 0. The number of halogens is 4. The molecular weight excluding hydrogens is 473 g/mol. The van der Waals surface area contributed by atoms with Crippen LogP contribution in [0.1, 0.15) is 37.3 Å². The first-order valence-corrected chi connectivity index (χ1v) is 11.4. The van der Waals surface area contributed by atoms with Crippen LogP contribution in [0.5, 0.6) is 5.75 Å². The minimum absolute atomic E-state index is 0.172. The van der Waals surface area contributed by atoms with Gasteiger partial charge in [-0.2, -0.15) is 0 Å². The summed E-state index contributed by atoms with van der Waals surface area (Å²) in [6.45, 7) is 0.592. The Hall–Kier alpha value is -2.85. The minimum Gasteiger partial charge on any atom is -0.406 e. The average Bonchev–Trinajstić information content (AvgIpc) is 3.00. The standard InChI is InChI=1S/C23H22ClF3N4O3/c1-29-19-8-14(24)11-28-20(19)31(22(33)21(29)32)17-9-15-4-5-16(10-17)30(15)12-13-2-6-18(7-3-13)34-23(25,26)27/h2-3,6-8,11,15-17H,4-5,9-10,12H2,1H3/t15-,16+,17+. The molecule has 0 aliphatic carbocycles. The van der Waals surface area contributed by atoms with E-state index in [9.17, 15) is 22.8 Å². The smallest absolute Gasteiger partial charge is 0.406 e. The summed E-state index contributed by atoms with van der Waals surface area (Å²) in [5.41, 5.74) is 0.621. The molecule has 180 valence electrons. The van der Waals surface area contributed by atoms with Gasteiger partial charge in [0.1, 0.15) is 5.75 Å². The van der Waals surface area contributed by atoms with Crippen LogP contribution in [0.15, 0.2) is 46.1 Å². The molecule has 0 spiro atoms. The van der Waals surface area contributed by atoms with Crippen LogP contribution < -0.4 is 15.9 Å². The largest absolute Gasteiger partial charge is 0.573 e. The zero-order chi connectivity index (χ0) is 24.2. The molecule has 3 atom stereocenters. The molecule has 11 heteroatoms. The molecule has 0 amide bonds. The van der Waals surface area contributed by atoms with Gasteiger partial charge < -0.3 is 9.30 Å². The van der Waals surface area contributed by atoms with Crippen LogP contribution in [-0.2, 0) is 13.6 Å². The predicted octanol–water partition coefficient (Wildman–Crippen LogP) is 4.02. The average molecular weight is 495 g/mol. The van der Waals surface area contributed by atoms with E-state index in [1.807, 2.05) is 0 Å². The predicted molar refractivity (Wildman–Crippen MR) is 120 cm³/mol. The van der Waals surface area contributed by atoms with Gasteiger partial charge in [0, 0.05) is 37.9 Å². The zero-order valence-electron chi connectivity index (χ0n) is 18.3. The van der Waals surface area contributed by atoms with Gasteiger partial charge in [0.25, 0.3) is 0 Å². The number of aryl methyl sites for hydroxylation is 1. The molecule has 0 N–H and O–H groups in total. The lowest BCUT2D eigenvalue weighted by Crippen LogP contribution is -2.48. The number of rotatable bonds is 4. The fraction of sp³-hybridized carbons (Fsp3) is 0.435. The Kier molecular flexibility index (Phi) is 5.68. The van der Waals surface area contributed by atoms with E-state index in [4.69, 9.17) is 11.6 Å². The van der Waals surface area contributed by atoms with Gasteiger partial charge in [0.05, 0.1) is 10.5 Å². The van der Waals surface area contributed by atoms with Crippen molar-refractivity contribution in [1.29, 1.82) is 0 Å². The van der Waals surface area contributed by atoms with Crippen LogP contribution >= 0.6 is 11.6 Å². The molecule has 34 heavy (non-hydrogen) atoms. The Bertz CT molecular complexity index is 1340. The number of pyridine rings is 1. The van der Waals surface area contributed by atoms with Crippen LogP contribution in [0.3, 0.4) is 0 Å². The summed E-state index contributed by atoms with van der Waals surface area (Å²) in [4.78, 5) is 32.3. The van der Waals surface area contributed by atoms with E-state index in [1.54, 1.807) is 18.2 Å². The summed E-state index contributed by atoms with van der Waals surface area (Å²) in [7, 11) is 1.53. The van der Waals surface area contributed by atoms with Crippen molar-refractivity contribution in [3.05, 3.63) is 67.8 Å². The molecule has 2 aliphatic heterocycles. The Morgan fingerprint density at radius 1 is 1.06 bits per heavy atom. The summed E-state index contributed by atoms with van der Waals surface area (Å²) in [5.74, 6) is -0.248. The number of alkyl halides is 3. The Balaban J connectivity index is 1.39. The first kappa shape index (κ1) is 22.9. The van der Waals surface area contributed by atoms with Gasteiger partial charge in [-0.05, 0) is 49.4 Å². The molecule has 0 saturated carbocycles. The van der Waals surface area contributed by atoms with Crippen molar-refractivity contribution in [2.24, 2.45) is 7.05 Å². The second-order valence-electron chi connectivity index (χ2n) is 8.91. The maximum Gasteiger partial charge on any atom is 0.573 e. The molecule has 3 aromatic rings. The van der Waals surface area contributed by atoms with Gasteiger partial charge in [0.15, 0.2) is 5.65 Å². The lowest BCUT2D eigenvalue weighted by atomic mass is 9.96. The zero-order valence-corrected chi connectivity index (χ0v) is 19.0. The number of ether oxygens (including phenoxy) is 1. The molecule has 2 fully saturated rings. The van der Waals surface area contributed by atoms with Crippen molar-refractivity contribution >= 4 is 22.8 Å². The van der Waals surface area contributed by atoms with Gasteiger partial charge in [-0.1, -0.05) is 23.7 Å². The molecule has 4 heterocycles. The van der Waals surface area contributed by atoms with E-state index in [0.29, 0.717) is 35.6 Å².